The van der Waals surface area contributed by atoms with Crippen LogP contribution >= 0.6 is 0 Å². The van der Waals surface area contributed by atoms with E-state index < -0.39 is 5.60 Å². The summed E-state index contributed by atoms with van der Waals surface area (Å²) in [6.45, 7) is 7.77. The van der Waals surface area contributed by atoms with Crippen LogP contribution in [0.4, 0.5) is 0 Å². The molecule has 17 heavy (non-hydrogen) atoms. The summed E-state index contributed by atoms with van der Waals surface area (Å²) in [6, 6.07) is 0. The fourth-order valence-corrected chi connectivity index (χ4v) is 2.25. The molecule has 0 bridgehead atoms. The van der Waals surface area contributed by atoms with Gasteiger partial charge in [-0.15, -0.1) is 0 Å². The van der Waals surface area contributed by atoms with Crippen molar-refractivity contribution in [2.45, 2.75) is 39.2 Å². The number of carbonyl (C=O) groups is 1. The molecule has 1 aliphatic rings. The van der Waals surface area contributed by atoms with Gasteiger partial charge < -0.3 is 9.30 Å². The Balaban J connectivity index is 2.04. The predicted molar refractivity (Wildman–Crippen MR) is 64.4 cm³/mol. The van der Waals surface area contributed by atoms with Gasteiger partial charge in [0.2, 0.25) is 0 Å². The molecule has 2 rings (SSSR count). The smallest absolute Gasteiger partial charge is 0.310 e. The first-order valence-electron chi connectivity index (χ1n) is 6.00. The van der Waals surface area contributed by atoms with Crippen LogP contribution in [-0.4, -0.2) is 21.1 Å². The number of rotatable bonds is 2. The van der Waals surface area contributed by atoms with Crippen LogP contribution in [0.3, 0.4) is 0 Å². The molecular formula is C13H20N2O2. The number of nitrogens with zero attached hydrogens (tertiary/aromatic N) is 2. The van der Waals surface area contributed by atoms with Gasteiger partial charge in [-0.2, -0.15) is 0 Å². The van der Waals surface area contributed by atoms with E-state index in [1.54, 1.807) is 6.33 Å². The molecular weight excluding hydrogens is 216 g/mol. The Morgan fingerprint density at radius 2 is 2.12 bits per heavy atom. The molecule has 0 radical (unpaired) electrons. The molecule has 4 nitrogen and oxygen atoms in total. The molecule has 0 N–H and O–H groups in total. The summed E-state index contributed by atoms with van der Waals surface area (Å²) in [7, 11) is 1.94. The van der Waals surface area contributed by atoms with Gasteiger partial charge in [0.15, 0.2) is 0 Å². The molecule has 1 aromatic rings. The Hall–Kier alpha value is -1.32. The lowest BCUT2D eigenvalue weighted by molar-refractivity contribution is -0.156. The minimum absolute atomic E-state index is 0.0240. The summed E-state index contributed by atoms with van der Waals surface area (Å²) in [4.78, 5) is 16.3. The van der Waals surface area contributed by atoms with Crippen LogP contribution in [0.15, 0.2) is 12.5 Å². The summed E-state index contributed by atoms with van der Waals surface area (Å²) < 4.78 is 7.33. The van der Waals surface area contributed by atoms with Crippen molar-refractivity contribution in [3.63, 3.8) is 0 Å². The highest BCUT2D eigenvalue weighted by atomic mass is 16.6. The molecule has 0 aromatic carbocycles. The molecule has 0 aliphatic heterocycles. The van der Waals surface area contributed by atoms with Gasteiger partial charge in [0.1, 0.15) is 5.60 Å². The van der Waals surface area contributed by atoms with Crippen molar-refractivity contribution in [1.82, 2.24) is 9.55 Å². The Morgan fingerprint density at radius 3 is 2.59 bits per heavy atom. The first-order chi connectivity index (χ1) is 7.79. The summed E-state index contributed by atoms with van der Waals surface area (Å²) >= 11 is 0. The van der Waals surface area contributed by atoms with Gasteiger partial charge in [-0.1, -0.05) is 6.92 Å². The predicted octanol–water partition coefficient (Wildman–Crippen LogP) is 2.11. The third kappa shape index (κ3) is 2.51. The van der Waals surface area contributed by atoms with Gasteiger partial charge in [-0.3, -0.25) is 4.79 Å². The molecule has 0 unspecified atom stereocenters. The zero-order valence-electron chi connectivity index (χ0n) is 11.1. The van der Waals surface area contributed by atoms with E-state index in [0.717, 1.165) is 5.69 Å². The van der Waals surface area contributed by atoms with Gasteiger partial charge in [-0.05, 0) is 26.7 Å². The maximum atomic E-state index is 12.0. The summed E-state index contributed by atoms with van der Waals surface area (Å²) in [5, 5.41) is 0. The second kappa shape index (κ2) is 3.86. The molecule has 94 valence electrons. The van der Waals surface area contributed by atoms with Gasteiger partial charge in [-0.25, -0.2) is 4.98 Å². The van der Waals surface area contributed by atoms with Crippen LogP contribution in [0.25, 0.3) is 0 Å². The van der Waals surface area contributed by atoms with Crippen LogP contribution in [0.2, 0.25) is 0 Å². The maximum Gasteiger partial charge on any atom is 0.310 e. The summed E-state index contributed by atoms with van der Waals surface area (Å²) in [6.07, 6.45) is 3.75. The van der Waals surface area contributed by atoms with Crippen molar-refractivity contribution in [2.24, 2.45) is 18.9 Å². The first kappa shape index (κ1) is 12.1. The second-order valence-corrected chi connectivity index (χ2v) is 5.91. The van der Waals surface area contributed by atoms with E-state index in [1.807, 2.05) is 38.6 Å². The quantitative estimate of drug-likeness (QED) is 0.739. The number of hydrogen-bond donors (Lipinski definition) is 0. The van der Waals surface area contributed by atoms with Crippen LogP contribution in [0.1, 0.15) is 39.3 Å². The minimum Gasteiger partial charge on any atom is -0.460 e. The highest BCUT2D eigenvalue weighted by Crippen LogP contribution is 2.53. The number of carbonyl (C=O) groups excluding carboxylic acids is 1. The van der Waals surface area contributed by atoms with Gasteiger partial charge in [0, 0.05) is 19.2 Å². The maximum absolute atomic E-state index is 12.0. The number of imidazole rings is 1. The normalized spacial score (nSPS) is 27.9. The average molecular weight is 236 g/mol. The summed E-state index contributed by atoms with van der Waals surface area (Å²) in [5.41, 5.74) is 0.587. The van der Waals surface area contributed by atoms with E-state index >= 15 is 0 Å². The Kier molecular flexibility index (Phi) is 2.76. The largest absolute Gasteiger partial charge is 0.460 e. The van der Waals surface area contributed by atoms with E-state index in [0.29, 0.717) is 5.92 Å². The number of hydrogen-bond acceptors (Lipinski definition) is 3. The monoisotopic (exact) mass is 236 g/mol. The molecule has 1 fully saturated rings. The molecule has 1 aromatic heterocycles. The highest BCUT2D eigenvalue weighted by molar-refractivity contribution is 5.78. The summed E-state index contributed by atoms with van der Waals surface area (Å²) in [5.74, 6) is 0.440. The molecule has 1 heterocycles. The third-order valence-electron chi connectivity index (χ3n) is 3.12. The number of aromatic nitrogens is 2. The number of aryl methyl sites for hydroxylation is 1. The molecule has 4 heteroatoms. The Labute approximate surface area is 102 Å². The number of ether oxygens (including phenoxy) is 1. The van der Waals surface area contributed by atoms with Crippen molar-refractivity contribution in [3.8, 4) is 0 Å². The lowest BCUT2D eigenvalue weighted by Crippen LogP contribution is -2.25. The van der Waals surface area contributed by atoms with Crippen molar-refractivity contribution in [1.29, 1.82) is 0 Å². The zero-order chi connectivity index (χ0) is 12.8. The molecule has 3 atom stereocenters. The van der Waals surface area contributed by atoms with E-state index in [1.165, 1.54) is 0 Å². The van der Waals surface area contributed by atoms with Crippen molar-refractivity contribution in [3.05, 3.63) is 18.2 Å². The topological polar surface area (TPSA) is 44.1 Å². The van der Waals surface area contributed by atoms with Crippen LogP contribution in [0.5, 0.6) is 0 Å². The van der Waals surface area contributed by atoms with Crippen LogP contribution in [0, 0.1) is 11.8 Å². The first-order valence-corrected chi connectivity index (χ1v) is 6.00. The Morgan fingerprint density at radius 1 is 1.47 bits per heavy atom. The fourth-order valence-electron chi connectivity index (χ4n) is 2.25. The van der Waals surface area contributed by atoms with Gasteiger partial charge in [0.05, 0.1) is 17.9 Å². The molecule has 0 saturated heterocycles. The van der Waals surface area contributed by atoms with Crippen molar-refractivity contribution < 1.29 is 9.53 Å². The fraction of sp³-hybridized carbons (Fsp3) is 0.692. The lowest BCUT2D eigenvalue weighted by atomic mass is 10.2. The molecule has 0 spiro atoms. The SMILES string of the molecule is C[C@H]1[C@H](C(=O)OC(C)(C)C)[C@H]1c1cn(C)cn1. The minimum atomic E-state index is -0.409. The standard InChI is InChI=1S/C13H20N2O2/c1-8-10(9-6-15(5)7-14-9)11(8)12(16)17-13(2,3)4/h6-8,10-11H,1-5H3/t8-,10-,11+/m1/s1. The van der Waals surface area contributed by atoms with Crippen molar-refractivity contribution in [2.75, 3.05) is 0 Å². The van der Waals surface area contributed by atoms with Crippen LogP contribution in [-0.2, 0) is 16.6 Å². The average Bonchev–Trinajstić information content (AvgIpc) is 2.62. The third-order valence-corrected chi connectivity index (χ3v) is 3.12. The molecule has 1 aliphatic carbocycles. The van der Waals surface area contributed by atoms with Gasteiger partial charge in [0.25, 0.3) is 0 Å². The lowest BCUT2D eigenvalue weighted by Gasteiger charge is -2.19. The van der Waals surface area contributed by atoms with E-state index in [4.69, 9.17) is 4.74 Å². The van der Waals surface area contributed by atoms with Crippen molar-refractivity contribution >= 4 is 5.97 Å². The van der Waals surface area contributed by atoms with E-state index in [-0.39, 0.29) is 17.8 Å². The molecule has 0 amide bonds. The molecule has 1 saturated carbocycles. The number of esters is 1. The Bertz CT molecular complexity index is 431. The van der Waals surface area contributed by atoms with E-state index in [9.17, 15) is 4.79 Å². The van der Waals surface area contributed by atoms with Crippen LogP contribution < -0.4 is 0 Å². The van der Waals surface area contributed by atoms with Gasteiger partial charge >= 0.3 is 5.97 Å². The van der Waals surface area contributed by atoms with E-state index in [2.05, 4.69) is 11.9 Å². The highest BCUT2D eigenvalue weighted by Gasteiger charge is 2.55. The second-order valence-electron chi connectivity index (χ2n) is 5.91. The zero-order valence-corrected chi connectivity index (χ0v) is 11.1.